The van der Waals surface area contributed by atoms with E-state index in [9.17, 15) is 0 Å². The van der Waals surface area contributed by atoms with Crippen LogP contribution in [-0.2, 0) is 13.0 Å². The molecule has 1 aromatic heterocycles. The number of nitrogens with one attached hydrogen (secondary N) is 1. The fourth-order valence-electron chi connectivity index (χ4n) is 5.23. The van der Waals surface area contributed by atoms with Crippen LogP contribution in [0.15, 0.2) is 54.6 Å². The molecule has 2 aromatic carbocycles. The summed E-state index contributed by atoms with van der Waals surface area (Å²) < 4.78 is 2.64. The number of hydrogen-bond donors (Lipinski definition) is 1. The molecule has 5 rings (SSSR count). The van der Waals surface area contributed by atoms with Gasteiger partial charge in [0, 0.05) is 36.2 Å². The number of aromatic nitrogens is 1. The lowest BCUT2D eigenvalue weighted by Gasteiger charge is -2.39. The molecule has 2 nitrogen and oxygen atoms in total. The Morgan fingerprint density at radius 3 is 2.68 bits per heavy atom. The molecule has 2 aliphatic heterocycles. The zero-order valence-electron chi connectivity index (χ0n) is 15.0. The van der Waals surface area contributed by atoms with Gasteiger partial charge in [-0.2, -0.15) is 0 Å². The number of rotatable bonds is 2. The summed E-state index contributed by atoms with van der Waals surface area (Å²) in [5.41, 5.74) is 6.10. The quantitative estimate of drug-likeness (QED) is 0.735. The van der Waals surface area contributed by atoms with E-state index in [1.54, 1.807) is 11.3 Å². The van der Waals surface area contributed by atoms with Crippen LogP contribution >= 0.6 is 0 Å². The molecular weight excluding hydrogens is 304 g/mol. The molecule has 1 unspecified atom stereocenters. The molecular formula is C23H27N2+. The van der Waals surface area contributed by atoms with Gasteiger partial charge in [-0.1, -0.05) is 55.5 Å². The van der Waals surface area contributed by atoms with Crippen LogP contribution in [0.1, 0.15) is 42.6 Å². The second kappa shape index (κ2) is 6.03. The Kier molecular flexibility index (Phi) is 3.67. The van der Waals surface area contributed by atoms with Crippen molar-refractivity contribution < 1.29 is 4.90 Å². The Bertz CT molecular complexity index is 893. The molecule has 0 aliphatic carbocycles. The van der Waals surface area contributed by atoms with Crippen molar-refractivity contribution in [3.63, 3.8) is 0 Å². The monoisotopic (exact) mass is 331 g/mol. The van der Waals surface area contributed by atoms with E-state index in [0.29, 0.717) is 6.04 Å². The third-order valence-electron chi connectivity index (χ3n) is 6.38. The molecule has 1 fully saturated rings. The molecule has 1 saturated heterocycles. The van der Waals surface area contributed by atoms with E-state index in [1.807, 2.05) is 4.90 Å². The van der Waals surface area contributed by atoms with Crippen molar-refractivity contribution in [2.45, 2.75) is 38.8 Å². The summed E-state index contributed by atoms with van der Waals surface area (Å²) in [4.78, 5) is 1.82. The van der Waals surface area contributed by atoms with Gasteiger partial charge >= 0.3 is 0 Å². The first kappa shape index (κ1) is 15.2. The van der Waals surface area contributed by atoms with Crippen LogP contribution in [0.2, 0.25) is 0 Å². The van der Waals surface area contributed by atoms with E-state index in [-0.39, 0.29) is 0 Å². The Morgan fingerprint density at radius 2 is 1.80 bits per heavy atom. The van der Waals surface area contributed by atoms with Gasteiger partial charge in [-0.25, -0.2) is 0 Å². The van der Waals surface area contributed by atoms with Crippen molar-refractivity contribution in [2.24, 2.45) is 5.92 Å². The van der Waals surface area contributed by atoms with Gasteiger partial charge < -0.3 is 9.47 Å². The lowest BCUT2D eigenvalue weighted by atomic mass is 9.87. The number of benzene rings is 2. The summed E-state index contributed by atoms with van der Waals surface area (Å²) in [6.07, 6.45) is 3.95. The summed E-state index contributed by atoms with van der Waals surface area (Å²) in [5.74, 6) is 0.875. The van der Waals surface area contributed by atoms with Crippen molar-refractivity contribution in [2.75, 3.05) is 13.1 Å². The first-order chi connectivity index (χ1) is 12.3. The average molecular weight is 331 g/mol. The summed E-state index contributed by atoms with van der Waals surface area (Å²) in [5, 5.41) is 1.49. The second-order valence-electron chi connectivity index (χ2n) is 8.05. The molecule has 2 heteroatoms. The highest BCUT2D eigenvalue weighted by molar-refractivity contribution is 5.86. The van der Waals surface area contributed by atoms with Crippen LogP contribution < -0.4 is 4.90 Å². The van der Waals surface area contributed by atoms with Gasteiger partial charge in [-0.05, 0) is 23.6 Å². The first-order valence-electron chi connectivity index (χ1n) is 9.80. The fraction of sp³-hybridized carbons (Fsp3) is 0.391. The van der Waals surface area contributed by atoms with E-state index >= 15 is 0 Å². The summed E-state index contributed by atoms with van der Waals surface area (Å²) in [7, 11) is 0. The predicted octanol–water partition coefficient (Wildman–Crippen LogP) is 3.60. The molecule has 0 saturated carbocycles. The lowest BCUT2D eigenvalue weighted by molar-refractivity contribution is -0.943. The number of para-hydroxylation sites is 1. The molecule has 0 radical (unpaired) electrons. The number of nitrogens with zero attached hydrogens (tertiary/aromatic N) is 1. The second-order valence-corrected chi connectivity index (χ2v) is 8.05. The van der Waals surface area contributed by atoms with E-state index in [2.05, 4.69) is 66.1 Å². The van der Waals surface area contributed by atoms with Crippen molar-refractivity contribution >= 4 is 10.9 Å². The highest BCUT2D eigenvalue weighted by Crippen LogP contribution is 2.35. The average Bonchev–Trinajstić information content (AvgIpc) is 2.97. The Balaban J connectivity index is 1.67. The third kappa shape index (κ3) is 2.51. The van der Waals surface area contributed by atoms with Crippen LogP contribution in [-0.4, -0.2) is 17.7 Å². The maximum absolute atomic E-state index is 2.64. The lowest BCUT2D eigenvalue weighted by Crippen LogP contribution is -3.14. The number of piperidine rings is 1. The highest BCUT2D eigenvalue weighted by Gasteiger charge is 2.39. The minimum atomic E-state index is 0.691. The van der Waals surface area contributed by atoms with Crippen LogP contribution in [0.4, 0.5) is 0 Å². The van der Waals surface area contributed by atoms with Crippen molar-refractivity contribution in [3.05, 3.63) is 71.4 Å². The van der Waals surface area contributed by atoms with Crippen molar-refractivity contribution in [1.29, 1.82) is 0 Å². The Morgan fingerprint density at radius 1 is 1.00 bits per heavy atom. The van der Waals surface area contributed by atoms with Gasteiger partial charge in [0.1, 0.15) is 6.04 Å². The molecule has 1 N–H and O–H groups in total. The van der Waals surface area contributed by atoms with Gasteiger partial charge in [-0.3, -0.25) is 0 Å². The van der Waals surface area contributed by atoms with Gasteiger partial charge in [0.15, 0.2) is 0 Å². The minimum Gasteiger partial charge on any atom is -0.335 e. The Hall–Kier alpha value is -2.06. The van der Waals surface area contributed by atoms with Gasteiger partial charge in [-0.15, -0.1) is 0 Å². The molecule has 3 atom stereocenters. The maximum Gasteiger partial charge on any atom is 0.129 e. The summed E-state index contributed by atoms with van der Waals surface area (Å²) >= 11 is 0. The zero-order valence-corrected chi connectivity index (χ0v) is 15.0. The Labute approximate surface area is 150 Å². The molecule has 25 heavy (non-hydrogen) atoms. The largest absolute Gasteiger partial charge is 0.335 e. The van der Waals surface area contributed by atoms with E-state index in [4.69, 9.17) is 0 Å². The highest BCUT2D eigenvalue weighted by atomic mass is 15.2. The van der Waals surface area contributed by atoms with Crippen molar-refractivity contribution in [3.8, 4) is 0 Å². The third-order valence-corrected chi connectivity index (χ3v) is 6.38. The molecule has 0 bridgehead atoms. The first-order valence-corrected chi connectivity index (χ1v) is 9.80. The van der Waals surface area contributed by atoms with E-state index in [1.165, 1.54) is 48.8 Å². The van der Waals surface area contributed by atoms with Crippen LogP contribution in [0.5, 0.6) is 0 Å². The van der Waals surface area contributed by atoms with Gasteiger partial charge in [0.2, 0.25) is 0 Å². The van der Waals surface area contributed by atoms with Crippen molar-refractivity contribution in [1.82, 2.24) is 4.57 Å². The zero-order chi connectivity index (χ0) is 16.8. The molecule has 0 spiro atoms. The van der Waals surface area contributed by atoms with Gasteiger partial charge in [0.05, 0.1) is 18.8 Å². The normalized spacial score (nSPS) is 25.6. The van der Waals surface area contributed by atoms with Crippen LogP contribution in [0.25, 0.3) is 10.9 Å². The standard InChI is InChI=1S/C23H26N2/c1-17-11-12-22-23-20(13-14-24(22)15-17)19-9-5-6-10-21(19)25(23)16-18-7-3-2-4-8-18/h2-10,17,22H,11-16H2,1H3/p+1/t17-,22-/m1/s1. The SMILES string of the molecule is C[C@@H]1CC[C@@H]2c3c(c4ccccc4n3Cc3ccccc3)CC[NH+]2C1. The molecule has 2 aliphatic rings. The number of hydrogen-bond acceptors (Lipinski definition) is 0. The fourth-order valence-corrected chi connectivity index (χ4v) is 5.23. The molecule has 128 valence electrons. The molecule has 3 heterocycles. The molecule has 3 aromatic rings. The number of quaternary nitrogens is 1. The van der Waals surface area contributed by atoms with Crippen LogP contribution in [0, 0.1) is 5.92 Å². The molecule has 0 amide bonds. The number of fused-ring (bicyclic) bond motifs is 5. The van der Waals surface area contributed by atoms with E-state index < -0.39 is 0 Å². The maximum atomic E-state index is 2.64. The van der Waals surface area contributed by atoms with Crippen LogP contribution in [0.3, 0.4) is 0 Å². The van der Waals surface area contributed by atoms with Gasteiger partial charge in [0.25, 0.3) is 0 Å². The van der Waals surface area contributed by atoms with E-state index in [0.717, 1.165) is 12.5 Å². The summed E-state index contributed by atoms with van der Waals surface area (Å²) in [6.45, 7) is 6.08. The summed E-state index contributed by atoms with van der Waals surface area (Å²) in [6, 6.07) is 20.7. The topological polar surface area (TPSA) is 9.37 Å². The predicted molar refractivity (Wildman–Crippen MR) is 103 cm³/mol. The minimum absolute atomic E-state index is 0.691. The smallest absolute Gasteiger partial charge is 0.129 e.